The zero-order valence-corrected chi connectivity index (χ0v) is 22.0. The summed E-state index contributed by atoms with van der Waals surface area (Å²) in [6, 6.07) is 16.8. The van der Waals surface area contributed by atoms with E-state index >= 15 is 0 Å². The van der Waals surface area contributed by atoms with Crippen molar-refractivity contribution in [3.63, 3.8) is 0 Å². The zero-order chi connectivity index (χ0) is 26.2. The summed E-state index contributed by atoms with van der Waals surface area (Å²) in [6.07, 6.45) is 1.39. The summed E-state index contributed by atoms with van der Waals surface area (Å²) in [5, 5.41) is 8.29. The van der Waals surface area contributed by atoms with E-state index in [0.717, 1.165) is 12.0 Å². The quantitative estimate of drug-likeness (QED) is 0.370. The number of benzene rings is 2. The number of aryl methyl sites for hydroxylation is 2. The summed E-state index contributed by atoms with van der Waals surface area (Å²) in [7, 11) is -3.13. The number of sulfone groups is 1. The molecule has 2 aromatic carbocycles. The van der Waals surface area contributed by atoms with Crippen molar-refractivity contribution in [2.24, 2.45) is 0 Å². The van der Waals surface area contributed by atoms with Crippen molar-refractivity contribution >= 4 is 32.5 Å². The molecule has 0 radical (unpaired) electrons. The van der Waals surface area contributed by atoms with Crippen LogP contribution in [-0.2, 0) is 16.3 Å². The van der Waals surface area contributed by atoms with Crippen LogP contribution in [0.25, 0.3) is 22.3 Å². The van der Waals surface area contributed by atoms with E-state index in [1.807, 2.05) is 56.3 Å². The highest BCUT2D eigenvalue weighted by molar-refractivity contribution is 7.91. The van der Waals surface area contributed by atoms with Crippen molar-refractivity contribution in [2.75, 3.05) is 23.4 Å². The van der Waals surface area contributed by atoms with Gasteiger partial charge in [-0.1, -0.05) is 43.3 Å². The second kappa shape index (κ2) is 9.97. The number of carbonyl (C=O) groups excluding carboxylic acids is 1. The van der Waals surface area contributed by atoms with Crippen LogP contribution in [0.5, 0.6) is 5.75 Å². The molecule has 1 aliphatic heterocycles. The Hall–Kier alpha value is -3.72. The van der Waals surface area contributed by atoms with Gasteiger partial charge in [0.2, 0.25) is 0 Å². The second-order valence-electron chi connectivity index (χ2n) is 9.27. The van der Waals surface area contributed by atoms with E-state index in [2.05, 4.69) is 17.3 Å². The number of para-hydroxylation sites is 2. The molecule has 0 bridgehead atoms. The van der Waals surface area contributed by atoms with Crippen molar-refractivity contribution in [3.8, 4) is 17.0 Å². The highest BCUT2D eigenvalue weighted by Crippen LogP contribution is 2.33. The molecule has 3 heterocycles. The van der Waals surface area contributed by atoms with Gasteiger partial charge in [0, 0.05) is 5.56 Å². The van der Waals surface area contributed by atoms with Crippen LogP contribution in [0.2, 0.25) is 0 Å². The first-order chi connectivity index (χ1) is 17.8. The summed E-state index contributed by atoms with van der Waals surface area (Å²) < 4.78 is 31.9. The van der Waals surface area contributed by atoms with Gasteiger partial charge in [0.25, 0.3) is 5.91 Å². The first-order valence-corrected chi connectivity index (χ1v) is 14.3. The Morgan fingerprint density at radius 3 is 2.57 bits per heavy atom. The highest BCUT2D eigenvalue weighted by atomic mass is 32.2. The molecule has 1 unspecified atom stereocenters. The molecule has 5 rings (SSSR count). The average molecular weight is 519 g/mol. The molecule has 4 aromatic rings. The van der Waals surface area contributed by atoms with E-state index in [-0.39, 0.29) is 23.5 Å². The molecule has 0 spiro atoms. The SMILES string of the molecule is CCOc1ccccc1NC(=O)c1cc(-c2ccc(CC)cc2)nc2c1c(C)nn2C1CCS(=O)(=O)C1. The van der Waals surface area contributed by atoms with E-state index in [1.165, 1.54) is 5.56 Å². The monoisotopic (exact) mass is 518 g/mol. The summed E-state index contributed by atoms with van der Waals surface area (Å²) in [6.45, 7) is 6.28. The molecule has 37 heavy (non-hydrogen) atoms. The minimum absolute atomic E-state index is 0.0174. The average Bonchev–Trinajstić information content (AvgIpc) is 3.43. The Labute approximate surface area is 216 Å². The maximum Gasteiger partial charge on any atom is 0.256 e. The van der Waals surface area contributed by atoms with E-state index in [0.29, 0.717) is 52.4 Å². The Morgan fingerprint density at radius 1 is 1.14 bits per heavy atom. The number of nitrogens with zero attached hydrogens (tertiary/aromatic N) is 3. The molecule has 1 aliphatic rings. The van der Waals surface area contributed by atoms with Crippen LogP contribution in [0.15, 0.2) is 54.6 Å². The number of ether oxygens (including phenoxy) is 1. The summed E-state index contributed by atoms with van der Waals surface area (Å²) in [5.74, 6) is 0.414. The zero-order valence-electron chi connectivity index (χ0n) is 21.2. The van der Waals surface area contributed by atoms with Crippen molar-refractivity contribution < 1.29 is 17.9 Å². The molecule has 192 valence electrons. The van der Waals surface area contributed by atoms with Crippen LogP contribution < -0.4 is 10.1 Å². The first kappa shape index (κ1) is 25.0. The molecule has 1 fully saturated rings. The maximum atomic E-state index is 13.7. The van der Waals surface area contributed by atoms with Crippen molar-refractivity contribution in [1.82, 2.24) is 14.8 Å². The van der Waals surface area contributed by atoms with Gasteiger partial charge in [0.05, 0.1) is 52.2 Å². The van der Waals surface area contributed by atoms with Crippen LogP contribution in [0.4, 0.5) is 5.69 Å². The first-order valence-electron chi connectivity index (χ1n) is 12.5. The van der Waals surface area contributed by atoms with E-state index < -0.39 is 9.84 Å². The number of fused-ring (bicyclic) bond motifs is 1. The Morgan fingerprint density at radius 2 is 1.89 bits per heavy atom. The van der Waals surface area contributed by atoms with Gasteiger partial charge in [-0.3, -0.25) is 4.79 Å². The third kappa shape index (κ3) is 4.96. The molecule has 0 saturated carbocycles. The lowest BCUT2D eigenvalue weighted by atomic mass is 10.0. The third-order valence-electron chi connectivity index (χ3n) is 6.73. The van der Waals surface area contributed by atoms with Gasteiger partial charge in [-0.15, -0.1) is 0 Å². The molecule has 1 saturated heterocycles. The number of hydrogen-bond donors (Lipinski definition) is 1. The number of anilines is 1. The third-order valence-corrected chi connectivity index (χ3v) is 8.48. The Bertz CT molecular complexity index is 1580. The minimum atomic E-state index is -3.13. The minimum Gasteiger partial charge on any atom is -0.492 e. The topological polar surface area (TPSA) is 103 Å². The van der Waals surface area contributed by atoms with Crippen LogP contribution in [0.1, 0.15) is 47.9 Å². The smallest absolute Gasteiger partial charge is 0.256 e. The maximum absolute atomic E-state index is 13.7. The van der Waals surface area contributed by atoms with E-state index in [9.17, 15) is 13.2 Å². The van der Waals surface area contributed by atoms with Gasteiger partial charge in [0.1, 0.15) is 5.75 Å². The number of hydrogen-bond acceptors (Lipinski definition) is 6. The molecule has 1 N–H and O–H groups in total. The number of amides is 1. The fourth-order valence-corrected chi connectivity index (χ4v) is 6.51. The van der Waals surface area contributed by atoms with Crippen LogP contribution in [0.3, 0.4) is 0 Å². The van der Waals surface area contributed by atoms with E-state index in [1.54, 1.807) is 16.8 Å². The van der Waals surface area contributed by atoms with Crippen molar-refractivity contribution in [3.05, 3.63) is 71.4 Å². The second-order valence-corrected chi connectivity index (χ2v) is 11.5. The van der Waals surface area contributed by atoms with Gasteiger partial charge in [-0.25, -0.2) is 18.1 Å². The molecule has 8 nitrogen and oxygen atoms in total. The van der Waals surface area contributed by atoms with Gasteiger partial charge in [0.15, 0.2) is 15.5 Å². The number of rotatable bonds is 7. The number of aromatic nitrogens is 3. The fourth-order valence-electron chi connectivity index (χ4n) is 4.81. The van der Waals surface area contributed by atoms with Crippen LogP contribution >= 0.6 is 0 Å². The summed E-state index contributed by atoms with van der Waals surface area (Å²) in [4.78, 5) is 18.6. The predicted molar refractivity (Wildman–Crippen MR) is 145 cm³/mol. The van der Waals surface area contributed by atoms with Crippen molar-refractivity contribution in [2.45, 2.75) is 39.7 Å². The molecule has 0 aliphatic carbocycles. The standard InChI is InChI=1S/C28H30N4O4S/c1-4-19-10-12-20(13-11-19)24-16-22(28(33)30-23-8-6-7-9-25(23)36-5-2)26-18(3)31-32(27(26)29-24)21-14-15-37(34,35)17-21/h6-13,16,21H,4-5,14-15,17H2,1-3H3,(H,30,33). The largest absolute Gasteiger partial charge is 0.492 e. The lowest BCUT2D eigenvalue weighted by Gasteiger charge is -2.14. The summed E-state index contributed by atoms with van der Waals surface area (Å²) in [5.41, 5.74) is 4.83. The fraction of sp³-hybridized carbons (Fsp3) is 0.321. The van der Waals surface area contributed by atoms with Crippen LogP contribution in [-0.4, -0.2) is 47.2 Å². The number of pyridine rings is 1. The molecular formula is C28H30N4O4S. The molecule has 9 heteroatoms. The Balaban J connectivity index is 1.65. The van der Waals surface area contributed by atoms with Gasteiger partial charge in [-0.05, 0) is 50.5 Å². The molecule has 1 amide bonds. The molecular weight excluding hydrogens is 488 g/mol. The molecule has 1 atom stereocenters. The highest BCUT2D eigenvalue weighted by Gasteiger charge is 2.32. The predicted octanol–water partition coefficient (Wildman–Crippen LogP) is 4.98. The lowest BCUT2D eigenvalue weighted by Crippen LogP contribution is -2.15. The number of nitrogens with one attached hydrogen (secondary N) is 1. The van der Waals surface area contributed by atoms with Crippen LogP contribution in [0, 0.1) is 6.92 Å². The Kier molecular flexibility index (Phi) is 6.72. The van der Waals surface area contributed by atoms with Crippen molar-refractivity contribution in [1.29, 1.82) is 0 Å². The molecule has 2 aromatic heterocycles. The van der Waals surface area contributed by atoms with Gasteiger partial charge < -0.3 is 10.1 Å². The van der Waals surface area contributed by atoms with Gasteiger partial charge in [-0.2, -0.15) is 5.10 Å². The summed E-state index contributed by atoms with van der Waals surface area (Å²) >= 11 is 0. The normalized spacial score (nSPS) is 16.7. The van der Waals surface area contributed by atoms with Gasteiger partial charge >= 0.3 is 0 Å². The number of carbonyl (C=O) groups is 1. The van der Waals surface area contributed by atoms with E-state index in [4.69, 9.17) is 9.72 Å². The lowest BCUT2D eigenvalue weighted by molar-refractivity contribution is 0.102.